The van der Waals surface area contributed by atoms with Gasteiger partial charge in [-0.1, -0.05) is 18.1 Å². The summed E-state index contributed by atoms with van der Waals surface area (Å²) in [5, 5.41) is 7.78. The van der Waals surface area contributed by atoms with E-state index in [-0.39, 0.29) is 25.0 Å². The number of hydrogen-bond donors (Lipinski definition) is 3. The molecule has 1 heterocycles. The summed E-state index contributed by atoms with van der Waals surface area (Å²) < 4.78 is 5.35. The summed E-state index contributed by atoms with van der Waals surface area (Å²) in [6.45, 7) is 5.18. The Morgan fingerprint density at radius 2 is 1.92 bits per heavy atom. The van der Waals surface area contributed by atoms with Crippen molar-refractivity contribution in [3.8, 4) is 12.3 Å². The van der Waals surface area contributed by atoms with E-state index < -0.39 is 6.03 Å². The number of rotatable bonds is 6. The van der Waals surface area contributed by atoms with E-state index in [9.17, 15) is 9.59 Å². The topological polar surface area (TPSA) is 82.7 Å². The maximum atomic E-state index is 11.9. The summed E-state index contributed by atoms with van der Waals surface area (Å²) in [6.07, 6.45) is 5.05. The molecule has 1 aliphatic rings. The highest BCUT2D eigenvalue weighted by molar-refractivity contribution is 5.84. The first-order chi connectivity index (χ1) is 12.1. The van der Waals surface area contributed by atoms with Crippen LogP contribution >= 0.6 is 0 Å². The SMILES string of the molecule is C#CCNC(=O)CNC(=O)N[C@@H](C)c1ccc(N2CCOCC2)cc1. The lowest BCUT2D eigenvalue weighted by Crippen LogP contribution is -2.42. The van der Waals surface area contributed by atoms with Gasteiger partial charge in [-0.25, -0.2) is 4.79 Å². The summed E-state index contributed by atoms with van der Waals surface area (Å²) in [4.78, 5) is 25.5. The molecule has 0 unspecified atom stereocenters. The minimum atomic E-state index is -0.402. The van der Waals surface area contributed by atoms with Gasteiger partial charge in [0.1, 0.15) is 0 Å². The van der Waals surface area contributed by atoms with Crippen LogP contribution in [0.3, 0.4) is 0 Å². The van der Waals surface area contributed by atoms with Crippen molar-refractivity contribution in [2.24, 2.45) is 0 Å². The minimum Gasteiger partial charge on any atom is -0.378 e. The third-order valence-electron chi connectivity index (χ3n) is 3.91. The summed E-state index contributed by atoms with van der Waals surface area (Å²) in [7, 11) is 0. The average Bonchev–Trinajstić information content (AvgIpc) is 2.65. The van der Waals surface area contributed by atoms with Crippen LogP contribution in [0.1, 0.15) is 18.5 Å². The van der Waals surface area contributed by atoms with Crippen molar-refractivity contribution >= 4 is 17.6 Å². The lowest BCUT2D eigenvalue weighted by molar-refractivity contribution is -0.119. The first-order valence-electron chi connectivity index (χ1n) is 8.27. The van der Waals surface area contributed by atoms with E-state index in [4.69, 9.17) is 11.2 Å². The first-order valence-corrected chi connectivity index (χ1v) is 8.27. The van der Waals surface area contributed by atoms with Gasteiger partial charge in [0.2, 0.25) is 5.91 Å². The zero-order chi connectivity index (χ0) is 18.1. The van der Waals surface area contributed by atoms with Crippen LogP contribution in [-0.4, -0.2) is 51.3 Å². The van der Waals surface area contributed by atoms with Gasteiger partial charge in [0.05, 0.1) is 32.3 Å². The lowest BCUT2D eigenvalue weighted by Gasteiger charge is -2.29. The van der Waals surface area contributed by atoms with Gasteiger partial charge >= 0.3 is 6.03 Å². The van der Waals surface area contributed by atoms with Crippen molar-refractivity contribution in [3.05, 3.63) is 29.8 Å². The predicted molar refractivity (Wildman–Crippen MR) is 96.3 cm³/mol. The number of nitrogens with one attached hydrogen (secondary N) is 3. The number of anilines is 1. The molecule has 1 fully saturated rings. The highest BCUT2D eigenvalue weighted by Gasteiger charge is 2.13. The molecule has 1 aromatic rings. The Bertz CT molecular complexity index is 618. The van der Waals surface area contributed by atoms with Crippen molar-refractivity contribution in [2.45, 2.75) is 13.0 Å². The number of carbonyl (C=O) groups excluding carboxylic acids is 2. The molecule has 1 aromatic carbocycles. The third-order valence-corrected chi connectivity index (χ3v) is 3.91. The average molecular weight is 344 g/mol. The van der Waals surface area contributed by atoms with Crippen LogP contribution in [0.2, 0.25) is 0 Å². The summed E-state index contributed by atoms with van der Waals surface area (Å²) in [5.74, 6) is 1.97. The fourth-order valence-electron chi connectivity index (χ4n) is 2.50. The fourth-order valence-corrected chi connectivity index (χ4v) is 2.50. The molecule has 7 heteroatoms. The highest BCUT2D eigenvalue weighted by Crippen LogP contribution is 2.20. The third kappa shape index (κ3) is 6.01. The molecule has 25 heavy (non-hydrogen) atoms. The number of terminal acetylenes is 1. The normalized spacial score (nSPS) is 15.0. The number of urea groups is 1. The molecule has 3 amide bonds. The van der Waals surface area contributed by atoms with E-state index in [1.165, 1.54) is 0 Å². The van der Waals surface area contributed by atoms with E-state index in [1.807, 2.05) is 31.2 Å². The van der Waals surface area contributed by atoms with Crippen LogP contribution in [0.15, 0.2) is 24.3 Å². The number of nitrogens with zero attached hydrogens (tertiary/aromatic N) is 1. The largest absolute Gasteiger partial charge is 0.378 e. The van der Waals surface area contributed by atoms with Crippen molar-refractivity contribution in [1.29, 1.82) is 0 Å². The van der Waals surface area contributed by atoms with Crippen LogP contribution < -0.4 is 20.9 Å². The quantitative estimate of drug-likeness (QED) is 0.661. The molecule has 2 rings (SSSR count). The maximum absolute atomic E-state index is 11.9. The molecular formula is C18H24N4O3. The van der Waals surface area contributed by atoms with E-state index in [1.54, 1.807) is 0 Å². The van der Waals surface area contributed by atoms with Gasteiger partial charge in [-0.3, -0.25) is 4.79 Å². The maximum Gasteiger partial charge on any atom is 0.315 e. The van der Waals surface area contributed by atoms with Crippen LogP contribution in [0.5, 0.6) is 0 Å². The monoisotopic (exact) mass is 344 g/mol. The van der Waals surface area contributed by atoms with Crippen LogP contribution in [0.4, 0.5) is 10.5 Å². The Morgan fingerprint density at radius 3 is 2.56 bits per heavy atom. The fraction of sp³-hybridized carbons (Fsp3) is 0.444. The predicted octanol–water partition coefficient (Wildman–Crippen LogP) is 0.633. The Morgan fingerprint density at radius 1 is 1.24 bits per heavy atom. The van der Waals surface area contributed by atoms with Crippen LogP contribution in [0.25, 0.3) is 0 Å². The van der Waals surface area contributed by atoms with Gasteiger partial charge < -0.3 is 25.6 Å². The molecule has 7 nitrogen and oxygen atoms in total. The van der Waals surface area contributed by atoms with Crippen LogP contribution in [-0.2, 0) is 9.53 Å². The Labute approximate surface area is 148 Å². The molecule has 0 aliphatic carbocycles. The van der Waals surface area contributed by atoms with Crippen LogP contribution in [0, 0.1) is 12.3 Å². The van der Waals surface area contributed by atoms with Crippen molar-refractivity contribution in [2.75, 3.05) is 44.3 Å². The molecule has 0 bridgehead atoms. The van der Waals surface area contributed by atoms with Crippen molar-refractivity contribution < 1.29 is 14.3 Å². The molecule has 0 radical (unpaired) electrons. The minimum absolute atomic E-state index is 0.115. The molecule has 1 saturated heterocycles. The van der Waals surface area contributed by atoms with E-state index in [0.29, 0.717) is 0 Å². The molecular weight excluding hydrogens is 320 g/mol. The molecule has 3 N–H and O–H groups in total. The van der Waals surface area contributed by atoms with Gasteiger partial charge in [0.15, 0.2) is 0 Å². The highest BCUT2D eigenvalue weighted by atomic mass is 16.5. The number of carbonyl (C=O) groups is 2. The molecule has 0 saturated carbocycles. The molecule has 1 atom stereocenters. The van der Waals surface area contributed by atoms with Crippen molar-refractivity contribution in [1.82, 2.24) is 16.0 Å². The zero-order valence-corrected chi connectivity index (χ0v) is 14.4. The Hall–Kier alpha value is -2.72. The number of morpholine rings is 1. The molecule has 134 valence electrons. The lowest BCUT2D eigenvalue weighted by atomic mass is 10.1. The summed E-state index contributed by atoms with van der Waals surface area (Å²) in [5.41, 5.74) is 2.14. The summed E-state index contributed by atoms with van der Waals surface area (Å²) >= 11 is 0. The smallest absolute Gasteiger partial charge is 0.315 e. The van der Waals surface area contributed by atoms with Gasteiger partial charge in [0, 0.05) is 18.8 Å². The standard InChI is InChI=1S/C18H24N4O3/c1-3-8-19-17(23)13-20-18(24)21-14(2)15-4-6-16(7-5-15)22-9-11-25-12-10-22/h1,4-7,14H,8-13H2,2H3,(H,19,23)(H2,20,21,24)/t14-/m0/s1. The number of amides is 3. The van der Waals surface area contributed by atoms with Crippen molar-refractivity contribution in [3.63, 3.8) is 0 Å². The molecule has 1 aliphatic heterocycles. The van der Waals surface area contributed by atoms with E-state index >= 15 is 0 Å². The summed E-state index contributed by atoms with van der Waals surface area (Å²) in [6, 6.07) is 7.51. The Kier molecular flexibility index (Phi) is 7.11. The second-order valence-corrected chi connectivity index (χ2v) is 5.72. The second kappa shape index (κ2) is 9.55. The Balaban J connectivity index is 1.79. The number of benzene rings is 1. The second-order valence-electron chi connectivity index (χ2n) is 5.72. The number of ether oxygens (including phenoxy) is 1. The van der Waals surface area contributed by atoms with Gasteiger partial charge in [-0.2, -0.15) is 0 Å². The first kappa shape index (κ1) is 18.6. The zero-order valence-electron chi connectivity index (χ0n) is 14.4. The molecule has 0 aromatic heterocycles. The van der Waals surface area contributed by atoms with Gasteiger partial charge in [0.25, 0.3) is 0 Å². The molecule has 0 spiro atoms. The van der Waals surface area contributed by atoms with Gasteiger partial charge in [-0.15, -0.1) is 6.42 Å². The van der Waals surface area contributed by atoms with E-state index in [0.717, 1.165) is 37.6 Å². The van der Waals surface area contributed by atoms with E-state index in [2.05, 4.69) is 26.8 Å². The van der Waals surface area contributed by atoms with Gasteiger partial charge in [-0.05, 0) is 24.6 Å². The number of hydrogen-bond acceptors (Lipinski definition) is 4.